The molecule has 2 heterocycles. The van der Waals surface area contributed by atoms with Gasteiger partial charge in [-0.3, -0.25) is 9.78 Å². The molecule has 0 unspecified atom stereocenters. The van der Waals surface area contributed by atoms with Crippen LogP contribution in [0.3, 0.4) is 0 Å². The molecule has 2 rings (SSSR count). The predicted octanol–water partition coefficient (Wildman–Crippen LogP) is 3.70. The lowest BCUT2D eigenvalue weighted by Gasteiger charge is -2.56. The fraction of sp³-hybridized carbons (Fsp3) is 0.739. The number of β-lactam (4-membered cyclic amide) rings is 1. The fourth-order valence-electron chi connectivity index (χ4n) is 5.35. The van der Waals surface area contributed by atoms with Crippen molar-refractivity contribution in [3.05, 3.63) is 24.0 Å². The van der Waals surface area contributed by atoms with Gasteiger partial charge < -0.3 is 28.6 Å². The number of carbonyl (C=O) groups excluding carboxylic acids is 1. The summed E-state index contributed by atoms with van der Waals surface area (Å²) in [4.78, 5) is 19.3. The SMILES string of the molecule is COCO[C@@]1(Cc2cc(O)ccn2)C(=O)N(COC)[C@H]1CO[Si](C(C)C)(C(C)C)C(C)C. The van der Waals surface area contributed by atoms with E-state index in [9.17, 15) is 9.90 Å². The Balaban J connectivity index is 2.41. The Kier molecular flexibility index (Phi) is 9.24. The summed E-state index contributed by atoms with van der Waals surface area (Å²) in [5, 5.41) is 9.90. The number of methoxy groups -OCH3 is 2. The third-order valence-corrected chi connectivity index (χ3v) is 12.8. The van der Waals surface area contributed by atoms with Crippen LogP contribution in [0.1, 0.15) is 47.2 Å². The zero-order valence-corrected chi connectivity index (χ0v) is 21.8. The molecule has 1 aliphatic heterocycles. The number of likely N-dealkylation sites (tertiary alicyclic amines) is 1. The second-order valence-corrected chi connectivity index (χ2v) is 14.9. The molecule has 182 valence electrons. The Hall–Kier alpha value is -1.52. The first-order valence-electron chi connectivity index (χ1n) is 11.3. The van der Waals surface area contributed by atoms with Gasteiger partial charge in [0.05, 0.1) is 12.6 Å². The van der Waals surface area contributed by atoms with Crippen molar-refractivity contribution in [3.63, 3.8) is 0 Å². The smallest absolute Gasteiger partial charge is 0.259 e. The topological polar surface area (TPSA) is 90.4 Å². The van der Waals surface area contributed by atoms with Crippen LogP contribution in [0, 0.1) is 0 Å². The van der Waals surface area contributed by atoms with Crippen LogP contribution in [-0.2, 0) is 29.9 Å². The highest BCUT2D eigenvalue weighted by atomic mass is 28.4. The van der Waals surface area contributed by atoms with Crippen LogP contribution < -0.4 is 0 Å². The van der Waals surface area contributed by atoms with E-state index < -0.39 is 13.9 Å². The minimum absolute atomic E-state index is 0.0387. The molecule has 0 spiro atoms. The lowest BCUT2D eigenvalue weighted by molar-refractivity contribution is -0.237. The van der Waals surface area contributed by atoms with E-state index in [-0.39, 0.29) is 37.6 Å². The zero-order valence-electron chi connectivity index (χ0n) is 20.8. The highest BCUT2D eigenvalue weighted by molar-refractivity contribution is 6.77. The number of hydrogen-bond donors (Lipinski definition) is 1. The molecule has 0 bridgehead atoms. The van der Waals surface area contributed by atoms with E-state index in [1.54, 1.807) is 18.1 Å². The van der Waals surface area contributed by atoms with E-state index in [0.29, 0.717) is 28.9 Å². The summed E-state index contributed by atoms with van der Waals surface area (Å²) in [6.45, 7) is 13.9. The van der Waals surface area contributed by atoms with Crippen LogP contribution in [0.15, 0.2) is 18.3 Å². The molecule has 1 N–H and O–H groups in total. The van der Waals surface area contributed by atoms with Crippen LogP contribution >= 0.6 is 0 Å². The van der Waals surface area contributed by atoms with E-state index in [1.807, 2.05) is 0 Å². The molecule has 1 fully saturated rings. The summed E-state index contributed by atoms with van der Waals surface area (Å²) in [5.41, 5.74) is 0.612. The van der Waals surface area contributed by atoms with Gasteiger partial charge in [-0.25, -0.2) is 0 Å². The Morgan fingerprint density at radius 2 is 1.75 bits per heavy atom. The third-order valence-electron chi connectivity index (χ3n) is 6.68. The number of nitrogens with zero attached hydrogens (tertiary/aromatic N) is 2. The molecule has 2 atom stereocenters. The molecular formula is C23H40N2O6Si. The van der Waals surface area contributed by atoms with Crippen molar-refractivity contribution in [2.75, 3.05) is 34.4 Å². The highest BCUT2D eigenvalue weighted by Gasteiger charge is 2.63. The summed E-state index contributed by atoms with van der Waals surface area (Å²) >= 11 is 0. The molecule has 1 aromatic rings. The molecule has 1 aromatic heterocycles. The molecule has 1 amide bonds. The van der Waals surface area contributed by atoms with Crippen molar-refractivity contribution in [3.8, 4) is 5.75 Å². The number of hydrogen-bond acceptors (Lipinski definition) is 7. The normalized spacial score (nSPS) is 21.7. The van der Waals surface area contributed by atoms with Crippen molar-refractivity contribution in [2.45, 2.75) is 76.2 Å². The summed E-state index contributed by atoms with van der Waals surface area (Å²) in [5.74, 6) is -0.0999. The summed E-state index contributed by atoms with van der Waals surface area (Å²) < 4.78 is 23.4. The van der Waals surface area contributed by atoms with E-state index in [4.69, 9.17) is 18.6 Å². The second-order valence-electron chi connectivity index (χ2n) is 9.46. The Bertz CT molecular complexity index is 738. The molecule has 0 aliphatic carbocycles. The van der Waals surface area contributed by atoms with Gasteiger partial charge in [0.25, 0.3) is 5.91 Å². The van der Waals surface area contributed by atoms with Crippen molar-refractivity contribution in [1.29, 1.82) is 0 Å². The number of amides is 1. The van der Waals surface area contributed by atoms with Gasteiger partial charge in [-0.1, -0.05) is 41.5 Å². The van der Waals surface area contributed by atoms with Gasteiger partial charge in [0.1, 0.15) is 19.3 Å². The van der Waals surface area contributed by atoms with E-state index >= 15 is 0 Å². The van der Waals surface area contributed by atoms with Crippen molar-refractivity contribution >= 4 is 14.2 Å². The summed E-state index contributed by atoms with van der Waals surface area (Å²) in [7, 11) is 0.924. The number of ether oxygens (including phenoxy) is 3. The monoisotopic (exact) mass is 468 g/mol. The highest BCUT2D eigenvalue weighted by Crippen LogP contribution is 2.44. The third kappa shape index (κ3) is 5.01. The van der Waals surface area contributed by atoms with Crippen molar-refractivity contribution in [2.24, 2.45) is 0 Å². The van der Waals surface area contributed by atoms with Gasteiger partial charge in [-0.15, -0.1) is 0 Å². The number of aromatic hydroxyl groups is 1. The lowest BCUT2D eigenvalue weighted by Crippen LogP contribution is -2.78. The van der Waals surface area contributed by atoms with Gasteiger partial charge in [-0.05, 0) is 22.7 Å². The second kappa shape index (κ2) is 11.1. The van der Waals surface area contributed by atoms with Gasteiger partial charge in [0.15, 0.2) is 13.9 Å². The Morgan fingerprint density at radius 3 is 2.25 bits per heavy atom. The maximum Gasteiger partial charge on any atom is 0.259 e. The van der Waals surface area contributed by atoms with Crippen LogP contribution in [0.4, 0.5) is 0 Å². The Morgan fingerprint density at radius 1 is 1.12 bits per heavy atom. The van der Waals surface area contributed by atoms with Crippen LogP contribution in [-0.4, -0.2) is 75.2 Å². The van der Waals surface area contributed by atoms with Crippen LogP contribution in [0.25, 0.3) is 0 Å². The first-order valence-corrected chi connectivity index (χ1v) is 13.4. The number of aromatic nitrogens is 1. The molecule has 1 saturated heterocycles. The van der Waals surface area contributed by atoms with Gasteiger partial charge in [0.2, 0.25) is 0 Å². The molecule has 0 radical (unpaired) electrons. The maximum atomic E-state index is 13.3. The van der Waals surface area contributed by atoms with Crippen LogP contribution in [0.2, 0.25) is 16.6 Å². The molecule has 0 aromatic carbocycles. The largest absolute Gasteiger partial charge is 0.508 e. The van der Waals surface area contributed by atoms with Gasteiger partial charge >= 0.3 is 0 Å². The summed E-state index contributed by atoms with van der Waals surface area (Å²) in [6.07, 6.45) is 1.72. The van der Waals surface area contributed by atoms with E-state index in [0.717, 1.165) is 0 Å². The fourth-order valence-corrected chi connectivity index (χ4v) is 10.8. The first-order chi connectivity index (χ1) is 15.1. The molecule has 0 saturated carbocycles. The van der Waals surface area contributed by atoms with Gasteiger partial charge in [-0.2, -0.15) is 0 Å². The molecule has 8 nitrogen and oxygen atoms in total. The quantitative estimate of drug-likeness (QED) is 0.268. The first kappa shape index (κ1) is 26.7. The minimum atomic E-state index is -2.16. The molecule has 1 aliphatic rings. The van der Waals surface area contributed by atoms with Crippen molar-refractivity contribution < 1.29 is 28.5 Å². The minimum Gasteiger partial charge on any atom is -0.508 e. The maximum absolute atomic E-state index is 13.3. The van der Waals surface area contributed by atoms with E-state index in [1.165, 1.54) is 19.4 Å². The molecule has 32 heavy (non-hydrogen) atoms. The molecule has 9 heteroatoms. The Labute approximate surface area is 193 Å². The summed E-state index contributed by atoms with van der Waals surface area (Å²) in [6, 6.07) is 2.69. The number of carbonyl (C=O) groups is 1. The van der Waals surface area contributed by atoms with Gasteiger partial charge in [0, 0.05) is 38.6 Å². The number of rotatable bonds is 13. The average Bonchev–Trinajstić information content (AvgIpc) is 2.72. The standard InChI is InChI=1S/C23H40N2O6Si/c1-16(2)32(17(3)4,18(5)6)31-13-21-23(30-15-29-8,22(27)25(21)14-28-7)12-19-11-20(26)9-10-24-19/h9-11,16-18,21H,12-15H2,1-8H3,(H,24,26)/t21-,23+/m0/s1. The molecular weight excluding hydrogens is 428 g/mol. The number of pyridine rings is 1. The zero-order chi connectivity index (χ0) is 24.1. The predicted molar refractivity (Wildman–Crippen MR) is 125 cm³/mol. The van der Waals surface area contributed by atoms with Crippen LogP contribution in [0.5, 0.6) is 5.75 Å². The average molecular weight is 469 g/mol. The van der Waals surface area contributed by atoms with Crippen molar-refractivity contribution in [1.82, 2.24) is 9.88 Å². The lowest BCUT2D eigenvalue weighted by atomic mass is 9.79. The van der Waals surface area contributed by atoms with E-state index in [2.05, 4.69) is 46.5 Å².